The number of aliphatic imine (C=N–C) groups is 1. The lowest BCUT2D eigenvalue weighted by atomic mass is 9.81. The fraction of sp³-hybridized carbons (Fsp3) is 0.607. The standard InChI is InChI=1S/C28H35N7O/c1-30-14-6-19-2-4-20(5-3-19)35-23(33-22-17-32-26-21(25(22)35)7-15-31-26)16-24(36)34-28-10-8-27(18-28,9-11-28)12-13-29/h7,15,17,19-20H,1-6,8-12,14,16,18H2,(H,31,32)(H,34,36). The van der Waals surface area contributed by atoms with Gasteiger partial charge < -0.3 is 19.9 Å². The molecule has 0 saturated heterocycles. The number of hydrogen-bond acceptors (Lipinski definition) is 5. The number of imidazole rings is 1. The maximum atomic E-state index is 13.4. The predicted molar refractivity (Wildman–Crippen MR) is 140 cm³/mol. The van der Waals surface area contributed by atoms with E-state index in [4.69, 9.17) is 4.98 Å². The van der Waals surface area contributed by atoms with Crippen LogP contribution in [0.5, 0.6) is 0 Å². The Morgan fingerprint density at radius 3 is 2.83 bits per heavy atom. The van der Waals surface area contributed by atoms with E-state index >= 15 is 0 Å². The van der Waals surface area contributed by atoms with E-state index in [1.807, 2.05) is 12.4 Å². The number of nitriles is 1. The van der Waals surface area contributed by atoms with Crippen molar-refractivity contribution in [1.82, 2.24) is 24.8 Å². The van der Waals surface area contributed by atoms with Crippen molar-refractivity contribution in [3.05, 3.63) is 24.3 Å². The third-order valence-electron chi connectivity index (χ3n) is 9.34. The molecule has 1 amide bonds. The number of rotatable bonds is 8. The van der Waals surface area contributed by atoms with Crippen molar-refractivity contribution < 1.29 is 4.79 Å². The molecule has 2 N–H and O–H groups in total. The summed E-state index contributed by atoms with van der Waals surface area (Å²) in [7, 11) is 0. The molecule has 0 spiro atoms. The van der Waals surface area contributed by atoms with Gasteiger partial charge in [0.25, 0.3) is 0 Å². The topological polar surface area (TPSA) is 112 Å². The molecule has 0 aliphatic heterocycles. The summed E-state index contributed by atoms with van der Waals surface area (Å²) in [5, 5.41) is 13.8. The third-order valence-corrected chi connectivity index (χ3v) is 9.34. The second-order valence-corrected chi connectivity index (χ2v) is 11.6. The van der Waals surface area contributed by atoms with Crippen LogP contribution in [0, 0.1) is 22.7 Å². The van der Waals surface area contributed by atoms with E-state index in [-0.39, 0.29) is 23.3 Å². The van der Waals surface area contributed by atoms with Crippen molar-refractivity contribution in [2.45, 2.75) is 88.6 Å². The molecule has 0 unspecified atom stereocenters. The summed E-state index contributed by atoms with van der Waals surface area (Å²) in [4.78, 5) is 30.2. The quantitative estimate of drug-likeness (QED) is 0.437. The molecular formula is C28H35N7O. The molecule has 3 saturated carbocycles. The van der Waals surface area contributed by atoms with E-state index in [2.05, 4.69) is 43.7 Å². The second-order valence-electron chi connectivity index (χ2n) is 11.6. The first-order chi connectivity index (χ1) is 17.5. The number of nitrogens with one attached hydrogen (secondary N) is 2. The van der Waals surface area contributed by atoms with Crippen LogP contribution >= 0.6 is 0 Å². The van der Waals surface area contributed by atoms with Gasteiger partial charge in [0.15, 0.2) is 0 Å². The first-order valence-electron chi connectivity index (χ1n) is 13.5. The van der Waals surface area contributed by atoms with E-state index in [1.54, 1.807) is 0 Å². The van der Waals surface area contributed by atoms with E-state index in [0.29, 0.717) is 18.4 Å². The Bertz CT molecular complexity index is 1330. The maximum absolute atomic E-state index is 13.4. The number of carbonyl (C=O) groups excluding carboxylic acids is 1. The molecule has 3 heterocycles. The van der Waals surface area contributed by atoms with E-state index in [1.165, 1.54) is 0 Å². The minimum Gasteiger partial charge on any atom is -0.350 e. The molecule has 2 bridgehead atoms. The average Bonchev–Trinajstić information content (AvgIpc) is 3.64. The summed E-state index contributed by atoms with van der Waals surface area (Å²) < 4.78 is 2.36. The maximum Gasteiger partial charge on any atom is 0.228 e. The van der Waals surface area contributed by atoms with Gasteiger partial charge in [0.2, 0.25) is 5.91 Å². The van der Waals surface area contributed by atoms with Crippen molar-refractivity contribution in [2.75, 3.05) is 6.54 Å². The lowest BCUT2D eigenvalue weighted by Crippen LogP contribution is -2.46. The summed E-state index contributed by atoms with van der Waals surface area (Å²) in [6.07, 6.45) is 15.2. The van der Waals surface area contributed by atoms with Crippen molar-refractivity contribution in [2.24, 2.45) is 16.3 Å². The number of fused-ring (bicyclic) bond motifs is 5. The summed E-state index contributed by atoms with van der Waals surface area (Å²) in [5.74, 6) is 1.58. The van der Waals surface area contributed by atoms with Crippen LogP contribution in [0.25, 0.3) is 22.1 Å². The van der Waals surface area contributed by atoms with Crippen molar-refractivity contribution in [1.29, 1.82) is 5.26 Å². The highest BCUT2D eigenvalue weighted by molar-refractivity contribution is 6.01. The summed E-state index contributed by atoms with van der Waals surface area (Å²) in [6, 6.07) is 4.77. The Kier molecular flexibility index (Phi) is 5.82. The van der Waals surface area contributed by atoms with Gasteiger partial charge in [-0.25, -0.2) is 9.97 Å². The Morgan fingerprint density at radius 1 is 1.28 bits per heavy atom. The zero-order chi connectivity index (χ0) is 24.8. The molecule has 3 aliphatic rings. The highest BCUT2D eigenvalue weighted by Gasteiger charge is 2.54. The van der Waals surface area contributed by atoms with Crippen LogP contribution in [0.15, 0.2) is 23.5 Å². The summed E-state index contributed by atoms with van der Waals surface area (Å²) >= 11 is 0. The van der Waals surface area contributed by atoms with Gasteiger partial charge in [-0.15, -0.1) is 0 Å². The van der Waals surface area contributed by atoms with Gasteiger partial charge in [-0.3, -0.25) is 4.79 Å². The molecule has 8 heteroatoms. The Morgan fingerprint density at radius 2 is 2.08 bits per heavy atom. The van der Waals surface area contributed by atoms with Crippen LogP contribution in [0.1, 0.15) is 82.5 Å². The SMILES string of the molecule is C=NCCC1CCC(n2c(CC(=O)NC34CCC(CC#N)(CC3)C4)nc3cnc4[nH]ccc4c32)CC1. The number of nitrogens with zero attached hydrogens (tertiary/aromatic N) is 5. The molecule has 6 rings (SSSR count). The molecule has 36 heavy (non-hydrogen) atoms. The molecule has 0 radical (unpaired) electrons. The third kappa shape index (κ3) is 3.99. The fourth-order valence-electron chi connectivity index (χ4n) is 7.51. The molecule has 3 aromatic heterocycles. The average molecular weight is 486 g/mol. The highest BCUT2D eigenvalue weighted by atomic mass is 16.1. The van der Waals surface area contributed by atoms with Crippen LogP contribution in [0.4, 0.5) is 0 Å². The fourth-order valence-corrected chi connectivity index (χ4v) is 7.51. The van der Waals surface area contributed by atoms with Gasteiger partial charge in [0, 0.05) is 36.1 Å². The number of pyridine rings is 1. The lowest BCUT2D eigenvalue weighted by molar-refractivity contribution is -0.122. The zero-order valence-corrected chi connectivity index (χ0v) is 20.9. The minimum atomic E-state index is -0.141. The molecule has 3 fully saturated rings. The van der Waals surface area contributed by atoms with Crippen LogP contribution in [0.2, 0.25) is 0 Å². The number of amides is 1. The first kappa shape index (κ1) is 23.2. The monoisotopic (exact) mass is 485 g/mol. The molecule has 0 atom stereocenters. The summed E-state index contributed by atoms with van der Waals surface area (Å²) in [6.45, 7) is 4.47. The second kappa shape index (κ2) is 9.02. The molecule has 8 nitrogen and oxygen atoms in total. The Hall–Kier alpha value is -3.21. The van der Waals surface area contributed by atoms with Crippen LogP contribution in [-0.4, -0.2) is 44.2 Å². The van der Waals surface area contributed by atoms with E-state index in [9.17, 15) is 10.1 Å². The Labute approximate surface area is 211 Å². The molecule has 3 aliphatic carbocycles. The largest absolute Gasteiger partial charge is 0.350 e. The number of hydrogen-bond donors (Lipinski definition) is 2. The smallest absolute Gasteiger partial charge is 0.228 e. The van der Waals surface area contributed by atoms with Crippen molar-refractivity contribution in [3.8, 4) is 6.07 Å². The van der Waals surface area contributed by atoms with Crippen LogP contribution < -0.4 is 5.32 Å². The minimum absolute atomic E-state index is 0.0465. The molecule has 3 aromatic rings. The first-order valence-corrected chi connectivity index (χ1v) is 13.5. The van der Waals surface area contributed by atoms with E-state index < -0.39 is 0 Å². The normalized spacial score (nSPS) is 29.5. The zero-order valence-electron chi connectivity index (χ0n) is 20.9. The number of carbonyl (C=O) groups is 1. The van der Waals surface area contributed by atoms with Gasteiger partial charge in [0.1, 0.15) is 17.0 Å². The number of aromatic nitrogens is 4. The van der Waals surface area contributed by atoms with Gasteiger partial charge in [-0.2, -0.15) is 5.26 Å². The van der Waals surface area contributed by atoms with Gasteiger partial charge in [-0.1, -0.05) is 0 Å². The molecular weight excluding hydrogens is 450 g/mol. The van der Waals surface area contributed by atoms with Gasteiger partial charge in [-0.05, 0) is 88.3 Å². The summed E-state index contributed by atoms with van der Waals surface area (Å²) in [5.41, 5.74) is 2.77. The highest BCUT2D eigenvalue weighted by Crippen LogP contribution is 2.58. The lowest BCUT2D eigenvalue weighted by Gasteiger charge is -2.31. The molecule has 188 valence electrons. The van der Waals surface area contributed by atoms with Crippen LogP contribution in [-0.2, 0) is 11.2 Å². The van der Waals surface area contributed by atoms with Gasteiger partial charge >= 0.3 is 0 Å². The Balaban J connectivity index is 1.27. The van der Waals surface area contributed by atoms with Crippen LogP contribution in [0.3, 0.4) is 0 Å². The molecule has 0 aromatic carbocycles. The van der Waals surface area contributed by atoms with Gasteiger partial charge in [0.05, 0.1) is 24.2 Å². The number of H-pyrrole nitrogens is 1. The predicted octanol–water partition coefficient (Wildman–Crippen LogP) is 5.01. The van der Waals surface area contributed by atoms with E-state index in [0.717, 1.165) is 98.6 Å². The number of aromatic amines is 1. The van der Waals surface area contributed by atoms with Crippen molar-refractivity contribution >= 4 is 34.7 Å². The van der Waals surface area contributed by atoms with Crippen molar-refractivity contribution in [3.63, 3.8) is 0 Å².